The van der Waals surface area contributed by atoms with Gasteiger partial charge in [0.15, 0.2) is 17.2 Å². The van der Waals surface area contributed by atoms with Crippen LogP contribution in [0.15, 0.2) is 53.2 Å². The van der Waals surface area contributed by atoms with Crippen LogP contribution in [0.5, 0.6) is 0 Å². The van der Waals surface area contributed by atoms with Crippen molar-refractivity contribution in [3.8, 4) is 5.82 Å². The molecule has 36 heavy (non-hydrogen) atoms. The van der Waals surface area contributed by atoms with Crippen molar-refractivity contribution < 1.29 is 18.8 Å². The first-order valence-corrected chi connectivity index (χ1v) is 11.6. The lowest BCUT2D eigenvalue weighted by Gasteiger charge is -2.12. The first-order valence-electron chi connectivity index (χ1n) is 11.6. The molecule has 9 nitrogen and oxygen atoms in total. The van der Waals surface area contributed by atoms with Crippen LogP contribution in [0.3, 0.4) is 0 Å². The monoisotopic (exact) mass is 483 g/mol. The second-order valence-electron chi connectivity index (χ2n) is 8.64. The zero-order valence-electron chi connectivity index (χ0n) is 20.5. The van der Waals surface area contributed by atoms with Gasteiger partial charge in [0.2, 0.25) is 5.91 Å². The predicted octanol–water partition coefficient (Wildman–Crippen LogP) is 4.84. The number of esters is 1. The lowest BCUT2D eigenvalue weighted by molar-refractivity contribution is -0.115. The van der Waals surface area contributed by atoms with Crippen molar-refractivity contribution in [2.24, 2.45) is 0 Å². The number of amides is 1. The van der Waals surface area contributed by atoms with Gasteiger partial charge < -0.3 is 14.6 Å². The number of aromatic nitrogens is 4. The number of para-hydroxylation sites is 1. The minimum atomic E-state index is -0.588. The van der Waals surface area contributed by atoms with Crippen molar-refractivity contribution in [3.05, 3.63) is 76.6 Å². The molecule has 0 unspecified atom stereocenters. The summed E-state index contributed by atoms with van der Waals surface area (Å²) in [5.74, 6) is -0.321. The number of pyridine rings is 1. The van der Waals surface area contributed by atoms with Crippen molar-refractivity contribution in [3.63, 3.8) is 0 Å². The van der Waals surface area contributed by atoms with Gasteiger partial charge >= 0.3 is 5.97 Å². The second kappa shape index (κ2) is 9.26. The predicted molar refractivity (Wildman–Crippen MR) is 135 cm³/mol. The number of hydrogen-bond donors (Lipinski definition) is 1. The largest absolute Gasteiger partial charge is 0.462 e. The number of aryl methyl sites for hydroxylation is 3. The molecule has 0 saturated carbocycles. The molecule has 3 aromatic heterocycles. The molecule has 0 atom stereocenters. The molecule has 182 valence electrons. The quantitative estimate of drug-likeness (QED) is 0.344. The molecular formula is C27H25N5O4. The highest BCUT2D eigenvalue weighted by Gasteiger charge is 2.23. The summed E-state index contributed by atoms with van der Waals surface area (Å²) in [6.45, 7) is 7.86. The van der Waals surface area contributed by atoms with Gasteiger partial charge in [0, 0.05) is 10.8 Å². The number of hydrogen-bond acceptors (Lipinski definition) is 7. The van der Waals surface area contributed by atoms with Gasteiger partial charge in [-0.3, -0.25) is 4.79 Å². The van der Waals surface area contributed by atoms with Gasteiger partial charge in [0.05, 0.1) is 24.7 Å². The van der Waals surface area contributed by atoms with Gasteiger partial charge in [-0.05, 0) is 68.7 Å². The van der Waals surface area contributed by atoms with Crippen LogP contribution in [-0.4, -0.2) is 38.4 Å². The minimum absolute atomic E-state index is 0.0485. The molecule has 5 aromatic rings. The Morgan fingerprint density at radius 1 is 1.03 bits per heavy atom. The van der Waals surface area contributed by atoms with Crippen LogP contribution in [0, 0.1) is 20.8 Å². The first-order chi connectivity index (χ1) is 17.4. The van der Waals surface area contributed by atoms with Gasteiger partial charge in [-0.1, -0.05) is 23.4 Å². The van der Waals surface area contributed by atoms with E-state index < -0.39 is 5.97 Å². The van der Waals surface area contributed by atoms with E-state index in [1.54, 1.807) is 6.92 Å². The van der Waals surface area contributed by atoms with Gasteiger partial charge in [0.25, 0.3) is 0 Å². The van der Waals surface area contributed by atoms with Crippen molar-refractivity contribution >= 4 is 39.6 Å². The average molecular weight is 484 g/mol. The van der Waals surface area contributed by atoms with Gasteiger partial charge in [0.1, 0.15) is 11.3 Å². The third-order valence-corrected chi connectivity index (χ3v) is 6.14. The maximum atomic E-state index is 13.2. The molecule has 0 bridgehead atoms. The van der Waals surface area contributed by atoms with E-state index in [-0.39, 0.29) is 30.3 Å². The van der Waals surface area contributed by atoms with Crippen molar-refractivity contribution in [1.82, 2.24) is 19.9 Å². The number of nitrogens with zero attached hydrogens (tertiary/aromatic N) is 4. The molecular weight excluding hydrogens is 458 g/mol. The summed E-state index contributed by atoms with van der Waals surface area (Å²) in [5, 5.41) is 13.1. The highest BCUT2D eigenvalue weighted by Crippen LogP contribution is 2.26. The molecule has 9 heteroatoms. The van der Waals surface area contributed by atoms with E-state index in [0.717, 1.165) is 33.0 Å². The number of ether oxygens (including phenoxy) is 1. The summed E-state index contributed by atoms with van der Waals surface area (Å²) in [7, 11) is 0. The van der Waals surface area contributed by atoms with Crippen LogP contribution in [0.25, 0.3) is 27.7 Å². The highest BCUT2D eigenvalue weighted by molar-refractivity contribution is 6.01. The van der Waals surface area contributed by atoms with Gasteiger partial charge in [-0.25, -0.2) is 9.78 Å². The van der Waals surface area contributed by atoms with E-state index in [1.807, 2.05) is 63.2 Å². The molecule has 0 aliphatic heterocycles. The van der Waals surface area contributed by atoms with E-state index in [1.165, 1.54) is 10.9 Å². The average Bonchev–Trinajstić information content (AvgIpc) is 3.43. The fraction of sp³-hybridized carbons (Fsp3) is 0.222. The number of fused-ring (bicyclic) bond motifs is 2. The van der Waals surface area contributed by atoms with Crippen molar-refractivity contribution in [1.29, 1.82) is 0 Å². The summed E-state index contributed by atoms with van der Waals surface area (Å²) in [5.41, 5.74) is 5.18. The zero-order chi connectivity index (χ0) is 25.4. The van der Waals surface area contributed by atoms with Crippen LogP contribution in [-0.2, 0) is 16.0 Å². The minimum Gasteiger partial charge on any atom is -0.462 e. The summed E-state index contributed by atoms with van der Waals surface area (Å²) >= 11 is 0. The van der Waals surface area contributed by atoms with E-state index in [0.29, 0.717) is 17.1 Å². The fourth-order valence-corrected chi connectivity index (χ4v) is 4.14. The van der Waals surface area contributed by atoms with Crippen LogP contribution in [0.2, 0.25) is 0 Å². The number of nitrogens with one attached hydrogen (secondary N) is 1. The first kappa shape index (κ1) is 23.2. The molecule has 0 saturated heterocycles. The fourth-order valence-electron chi connectivity index (χ4n) is 4.14. The van der Waals surface area contributed by atoms with Crippen LogP contribution in [0.1, 0.15) is 39.7 Å². The number of rotatable bonds is 6. The Morgan fingerprint density at radius 3 is 2.61 bits per heavy atom. The summed E-state index contributed by atoms with van der Waals surface area (Å²) in [6, 6.07) is 13.5. The standard InChI is InChI=1S/C27H25N5O4/c1-5-35-27(34)20-14-28-32(24-12-17(4)18-8-6-7-9-21(18)29-24)26(20)30-25(33)13-22-19-10-15(2)16(3)11-23(19)36-31-22/h6-12,14H,5,13H2,1-4H3,(H,30,33). The third-order valence-electron chi connectivity index (χ3n) is 6.14. The maximum absolute atomic E-state index is 13.2. The summed E-state index contributed by atoms with van der Waals surface area (Å²) in [6.07, 6.45) is 1.32. The van der Waals surface area contributed by atoms with Gasteiger partial charge in [-0.2, -0.15) is 9.78 Å². The molecule has 1 amide bonds. The van der Waals surface area contributed by atoms with E-state index >= 15 is 0 Å². The Balaban J connectivity index is 1.52. The van der Waals surface area contributed by atoms with E-state index in [9.17, 15) is 9.59 Å². The number of carbonyl (C=O) groups is 2. The maximum Gasteiger partial charge on any atom is 0.343 e. The molecule has 0 radical (unpaired) electrons. The van der Waals surface area contributed by atoms with Gasteiger partial charge in [-0.15, -0.1) is 0 Å². The SMILES string of the molecule is CCOC(=O)c1cnn(-c2cc(C)c3ccccc3n2)c1NC(=O)Cc1noc2cc(C)c(C)cc12. The Hall–Kier alpha value is -4.53. The lowest BCUT2D eigenvalue weighted by Crippen LogP contribution is -2.20. The summed E-state index contributed by atoms with van der Waals surface area (Å²) in [4.78, 5) is 30.5. The molecule has 2 aromatic carbocycles. The van der Waals surface area contributed by atoms with Crippen molar-refractivity contribution in [2.45, 2.75) is 34.1 Å². The molecule has 0 fully saturated rings. The second-order valence-corrected chi connectivity index (χ2v) is 8.64. The zero-order valence-corrected chi connectivity index (χ0v) is 20.5. The molecule has 0 aliphatic carbocycles. The Labute approximate surface area is 207 Å². The highest BCUT2D eigenvalue weighted by atomic mass is 16.5. The Kier molecular flexibility index (Phi) is 5.97. The third kappa shape index (κ3) is 4.19. The molecule has 0 spiro atoms. The number of benzene rings is 2. The Bertz CT molecular complexity index is 1630. The molecule has 5 rings (SSSR count). The van der Waals surface area contributed by atoms with Crippen LogP contribution >= 0.6 is 0 Å². The molecule has 3 heterocycles. The number of carbonyl (C=O) groups excluding carboxylic acids is 2. The normalized spacial score (nSPS) is 11.2. The number of anilines is 1. The van der Waals surface area contributed by atoms with Crippen molar-refractivity contribution in [2.75, 3.05) is 11.9 Å². The van der Waals surface area contributed by atoms with E-state index in [4.69, 9.17) is 14.2 Å². The smallest absolute Gasteiger partial charge is 0.343 e. The topological polar surface area (TPSA) is 112 Å². The lowest BCUT2D eigenvalue weighted by atomic mass is 10.1. The Morgan fingerprint density at radius 2 is 1.81 bits per heavy atom. The molecule has 1 N–H and O–H groups in total. The van der Waals surface area contributed by atoms with Crippen LogP contribution < -0.4 is 5.32 Å². The van der Waals surface area contributed by atoms with Crippen LogP contribution in [0.4, 0.5) is 5.82 Å². The summed E-state index contributed by atoms with van der Waals surface area (Å²) < 4.78 is 12.1. The molecule has 0 aliphatic rings. The van der Waals surface area contributed by atoms with E-state index in [2.05, 4.69) is 15.6 Å².